The Morgan fingerprint density at radius 3 is 2.83 bits per heavy atom. The Balaban J connectivity index is 1.76. The van der Waals surface area contributed by atoms with Crippen LogP contribution in [-0.4, -0.2) is 25.7 Å². The molecule has 23 heavy (non-hydrogen) atoms. The number of hydrogen-bond donors (Lipinski definition) is 1. The van der Waals surface area contributed by atoms with Gasteiger partial charge in [-0.15, -0.1) is 0 Å². The fourth-order valence-electron chi connectivity index (χ4n) is 2.45. The lowest BCUT2D eigenvalue weighted by Gasteiger charge is -2.13. The van der Waals surface area contributed by atoms with Crippen LogP contribution < -0.4 is 5.32 Å². The molecule has 0 spiro atoms. The number of rotatable bonds is 5. The van der Waals surface area contributed by atoms with Crippen LogP contribution in [0.5, 0.6) is 0 Å². The molecule has 1 amide bonds. The molecule has 3 rings (SSSR count). The second kappa shape index (κ2) is 6.75. The minimum Gasteiger partial charge on any atom is -0.328 e. The number of carbonyl (C=O) groups is 1. The molecule has 0 saturated carbocycles. The average Bonchev–Trinajstić information content (AvgIpc) is 3.09. The molecule has 0 unspecified atom stereocenters. The predicted molar refractivity (Wildman–Crippen MR) is 93.2 cm³/mol. The molecule has 1 N–H and O–H groups in total. The van der Waals surface area contributed by atoms with E-state index < -0.39 is 0 Å². The van der Waals surface area contributed by atoms with Crippen molar-refractivity contribution in [2.75, 3.05) is 0 Å². The predicted octanol–water partition coefficient (Wildman–Crippen LogP) is 2.55. The van der Waals surface area contributed by atoms with E-state index in [1.807, 2.05) is 41.2 Å². The van der Waals surface area contributed by atoms with Gasteiger partial charge in [-0.25, -0.2) is 0 Å². The van der Waals surface area contributed by atoms with Crippen molar-refractivity contribution in [2.45, 2.75) is 26.4 Å². The van der Waals surface area contributed by atoms with E-state index >= 15 is 0 Å². The fraction of sp³-hybridized carbons (Fsp3) is 0.235. The topological polar surface area (TPSA) is 50.2 Å². The van der Waals surface area contributed by atoms with Crippen LogP contribution in [0.1, 0.15) is 24.5 Å². The van der Waals surface area contributed by atoms with Gasteiger partial charge < -0.3 is 5.32 Å². The van der Waals surface area contributed by atoms with Crippen LogP contribution >= 0.6 is 12.2 Å². The van der Waals surface area contributed by atoms with Crippen molar-refractivity contribution in [2.24, 2.45) is 0 Å². The molecule has 2 aromatic rings. The summed E-state index contributed by atoms with van der Waals surface area (Å²) in [6.07, 6.45) is 6.48. The second-order valence-electron chi connectivity index (χ2n) is 5.40. The highest BCUT2D eigenvalue weighted by Crippen LogP contribution is 2.17. The first-order valence-electron chi connectivity index (χ1n) is 7.58. The smallest absolute Gasteiger partial charge is 0.276 e. The van der Waals surface area contributed by atoms with Gasteiger partial charge >= 0.3 is 0 Å². The van der Waals surface area contributed by atoms with E-state index in [0.29, 0.717) is 17.4 Å². The molecule has 6 heteroatoms. The Kier molecular flexibility index (Phi) is 4.52. The van der Waals surface area contributed by atoms with E-state index in [-0.39, 0.29) is 5.91 Å². The summed E-state index contributed by atoms with van der Waals surface area (Å²) in [6.45, 7) is 3.43. The Bertz CT molecular complexity index is 751. The van der Waals surface area contributed by atoms with Crippen LogP contribution in [0.4, 0.5) is 0 Å². The van der Waals surface area contributed by atoms with E-state index in [2.05, 4.69) is 17.3 Å². The lowest BCUT2D eigenvalue weighted by molar-refractivity contribution is -0.122. The summed E-state index contributed by atoms with van der Waals surface area (Å²) in [6, 6.07) is 9.81. The van der Waals surface area contributed by atoms with Gasteiger partial charge in [-0.1, -0.05) is 37.3 Å². The third-order valence-corrected chi connectivity index (χ3v) is 3.89. The Labute approximate surface area is 140 Å². The Morgan fingerprint density at radius 1 is 1.30 bits per heavy atom. The summed E-state index contributed by atoms with van der Waals surface area (Å²) in [5.41, 5.74) is 2.42. The summed E-state index contributed by atoms with van der Waals surface area (Å²) in [7, 11) is 0. The van der Waals surface area contributed by atoms with E-state index in [0.717, 1.165) is 24.1 Å². The second-order valence-corrected chi connectivity index (χ2v) is 5.79. The molecule has 2 heterocycles. The van der Waals surface area contributed by atoms with Gasteiger partial charge in [-0.2, -0.15) is 5.10 Å². The molecular formula is C17H18N4OS. The molecule has 1 aromatic heterocycles. The molecule has 1 saturated heterocycles. The first-order valence-corrected chi connectivity index (χ1v) is 7.99. The minimum atomic E-state index is -0.109. The highest BCUT2D eigenvalue weighted by atomic mass is 32.1. The van der Waals surface area contributed by atoms with Gasteiger partial charge in [0.05, 0.1) is 12.7 Å². The SMILES string of the molecule is CCCn1cc(/C=C2/NC(=S)N(Cc3ccccc3)C2=O)cn1. The van der Waals surface area contributed by atoms with Gasteiger partial charge in [-0.05, 0) is 30.3 Å². The van der Waals surface area contributed by atoms with Crippen molar-refractivity contribution in [3.05, 3.63) is 59.5 Å². The van der Waals surface area contributed by atoms with Gasteiger partial charge in [0.15, 0.2) is 5.11 Å². The number of thiocarbonyl (C=S) groups is 1. The molecule has 1 aliphatic heterocycles. The summed E-state index contributed by atoms with van der Waals surface area (Å²) >= 11 is 5.29. The third-order valence-electron chi connectivity index (χ3n) is 3.56. The maximum absolute atomic E-state index is 12.5. The lowest BCUT2D eigenvalue weighted by atomic mass is 10.2. The van der Waals surface area contributed by atoms with Crippen LogP contribution in [0.25, 0.3) is 6.08 Å². The summed E-state index contributed by atoms with van der Waals surface area (Å²) in [5, 5.41) is 7.70. The van der Waals surface area contributed by atoms with Crippen molar-refractivity contribution in [1.82, 2.24) is 20.0 Å². The number of carbonyl (C=O) groups excluding carboxylic acids is 1. The van der Waals surface area contributed by atoms with E-state index in [1.165, 1.54) is 0 Å². The molecule has 0 bridgehead atoms. The first-order chi connectivity index (χ1) is 11.2. The highest BCUT2D eigenvalue weighted by Gasteiger charge is 2.30. The zero-order valence-electron chi connectivity index (χ0n) is 12.9. The van der Waals surface area contributed by atoms with Crippen LogP contribution in [0.2, 0.25) is 0 Å². The van der Waals surface area contributed by atoms with Crippen molar-refractivity contribution >= 4 is 29.3 Å². The molecule has 0 atom stereocenters. The van der Waals surface area contributed by atoms with Crippen LogP contribution in [0.3, 0.4) is 0 Å². The molecule has 0 aliphatic carbocycles. The van der Waals surface area contributed by atoms with Gasteiger partial charge in [-0.3, -0.25) is 14.4 Å². The number of amides is 1. The van der Waals surface area contributed by atoms with Crippen molar-refractivity contribution < 1.29 is 4.79 Å². The highest BCUT2D eigenvalue weighted by molar-refractivity contribution is 7.80. The number of aryl methyl sites for hydroxylation is 1. The maximum atomic E-state index is 12.5. The van der Waals surface area contributed by atoms with Crippen LogP contribution in [0, 0.1) is 0 Å². The Hall–Kier alpha value is -2.47. The standard InChI is InChI=1S/C17H18N4OS/c1-2-8-20-11-14(10-18-20)9-15-16(22)21(17(23)19-15)12-13-6-4-3-5-7-13/h3-7,9-11H,2,8,12H2,1H3,(H,19,23)/b15-9+. The van der Waals surface area contributed by atoms with Crippen LogP contribution in [0.15, 0.2) is 48.4 Å². The average molecular weight is 326 g/mol. The molecule has 118 valence electrons. The van der Waals surface area contributed by atoms with Crippen LogP contribution in [-0.2, 0) is 17.9 Å². The molecular weight excluding hydrogens is 308 g/mol. The number of hydrogen-bond acceptors (Lipinski definition) is 3. The number of nitrogens with zero attached hydrogens (tertiary/aromatic N) is 3. The zero-order valence-corrected chi connectivity index (χ0v) is 13.7. The molecule has 5 nitrogen and oxygen atoms in total. The largest absolute Gasteiger partial charge is 0.328 e. The number of aromatic nitrogens is 2. The van der Waals surface area contributed by atoms with Gasteiger partial charge in [0.2, 0.25) is 0 Å². The normalized spacial score (nSPS) is 16.2. The summed E-state index contributed by atoms with van der Waals surface area (Å²) in [5.74, 6) is -0.109. The molecule has 1 aliphatic rings. The van der Waals surface area contributed by atoms with Crippen molar-refractivity contribution in [1.29, 1.82) is 0 Å². The van der Waals surface area contributed by atoms with E-state index in [1.54, 1.807) is 17.2 Å². The molecule has 1 fully saturated rings. The summed E-state index contributed by atoms with van der Waals surface area (Å²) in [4.78, 5) is 14.1. The third kappa shape index (κ3) is 3.48. The zero-order chi connectivity index (χ0) is 16.2. The molecule has 0 radical (unpaired) electrons. The monoisotopic (exact) mass is 326 g/mol. The summed E-state index contributed by atoms with van der Waals surface area (Å²) < 4.78 is 1.87. The van der Waals surface area contributed by atoms with E-state index in [4.69, 9.17) is 12.2 Å². The number of benzene rings is 1. The van der Waals surface area contributed by atoms with Gasteiger partial charge in [0.25, 0.3) is 5.91 Å². The quantitative estimate of drug-likeness (QED) is 0.678. The lowest BCUT2D eigenvalue weighted by Crippen LogP contribution is -2.29. The molecule has 1 aromatic carbocycles. The maximum Gasteiger partial charge on any atom is 0.276 e. The van der Waals surface area contributed by atoms with Gasteiger partial charge in [0.1, 0.15) is 5.70 Å². The van der Waals surface area contributed by atoms with Crippen molar-refractivity contribution in [3.63, 3.8) is 0 Å². The Morgan fingerprint density at radius 2 is 2.09 bits per heavy atom. The fourth-order valence-corrected chi connectivity index (χ4v) is 2.71. The minimum absolute atomic E-state index is 0.109. The van der Waals surface area contributed by atoms with Crippen molar-refractivity contribution in [3.8, 4) is 0 Å². The van der Waals surface area contributed by atoms with E-state index in [9.17, 15) is 4.79 Å². The number of nitrogens with one attached hydrogen (secondary N) is 1. The van der Waals surface area contributed by atoms with Gasteiger partial charge in [0, 0.05) is 18.3 Å². The first kappa shape index (κ1) is 15.4.